The molecule has 0 radical (unpaired) electrons. The largest absolute Gasteiger partial charge is 0.465 e. The molecule has 0 saturated heterocycles. The monoisotopic (exact) mass is 318 g/mol. The fourth-order valence-corrected chi connectivity index (χ4v) is 2.85. The molecular formula is C16H18N2O3S. The van der Waals surface area contributed by atoms with Crippen molar-refractivity contribution < 1.29 is 14.3 Å². The van der Waals surface area contributed by atoms with E-state index in [0.717, 1.165) is 16.9 Å². The predicted octanol–water partition coefficient (Wildman–Crippen LogP) is 3.15. The van der Waals surface area contributed by atoms with E-state index in [1.54, 1.807) is 6.92 Å². The number of methoxy groups -OCH3 is 1. The van der Waals surface area contributed by atoms with Gasteiger partial charge in [-0.1, -0.05) is 41.7 Å². The highest BCUT2D eigenvalue weighted by Crippen LogP contribution is 2.28. The van der Waals surface area contributed by atoms with Crippen molar-refractivity contribution in [3.05, 3.63) is 46.5 Å². The highest BCUT2D eigenvalue weighted by atomic mass is 32.1. The molecule has 116 valence electrons. The minimum atomic E-state index is -0.702. The van der Waals surface area contributed by atoms with Crippen molar-refractivity contribution in [1.82, 2.24) is 4.98 Å². The maximum atomic E-state index is 12.5. The minimum absolute atomic E-state index is 0.177. The third-order valence-corrected chi connectivity index (χ3v) is 4.50. The lowest BCUT2D eigenvalue weighted by Gasteiger charge is -2.23. The number of thiazole rings is 1. The molecule has 5 nitrogen and oxygen atoms in total. The molecule has 0 atom stereocenters. The van der Waals surface area contributed by atoms with Crippen molar-refractivity contribution in [2.24, 2.45) is 0 Å². The number of anilines is 1. The number of esters is 1. The highest BCUT2D eigenvalue weighted by Gasteiger charge is 2.30. The van der Waals surface area contributed by atoms with Crippen LogP contribution in [-0.4, -0.2) is 24.0 Å². The molecule has 22 heavy (non-hydrogen) atoms. The number of carbonyl (C=O) groups excluding carboxylic acids is 2. The number of amides is 1. The number of hydrogen-bond acceptors (Lipinski definition) is 5. The molecule has 0 unspecified atom stereocenters. The Morgan fingerprint density at radius 1 is 1.23 bits per heavy atom. The average Bonchev–Trinajstić information content (AvgIpc) is 2.87. The van der Waals surface area contributed by atoms with Crippen molar-refractivity contribution in [2.45, 2.75) is 26.2 Å². The molecule has 0 spiro atoms. The summed E-state index contributed by atoms with van der Waals surface area (Å²) in [5.74, 6) is -0.623. The van der Waals surface area contributed by atoms with Crippen molar-refractivity contribution in [2.75, 3.05) is 12.4 Å². The molecule has 2 rings (SSSR count). The number of nitrogens with one attached hydrogen (secondary N) is 1. The fraction of sp³-hybridized carbons (Fsp3) is 0.312. The van der Waals surface area contributed by atoms with Gasteiger partial charge in [0, 0.05) is 0 Å². The van der Waals surface area contributed by atoms with Gasteiger partial charge in [-0.15, -0.1) is 0 Å². The Kier molecular flexibility index (Phi) is 4.61. The van der Waals surface area contributed by atoms with Gasteiger partial charge in [-0.25, -0.2) is 9.78 Å². The maximum Gasteiger partial charge on any atom is 0.350 e. The first kappa shape index (κ1) is 16.2. The van der Waals surface area contributed by atoms with E-state index in [9.17, 15) is 9.59 Å². The standard InChI is InChI=1S/C16H18N2O3S/c1-10-12(13(19)21-4)22-15(17-10)18-14(20)16(2,3)11-8-6-5-7-9-11/h5-9H,1-4H3,(H,17,18,20). The average molecular weight is 318 g/mol. The molecule has 0 bridgehead atoms. The number of rotatable bonds is 4. The molecule has 1 aromatic heterocycles. The molecule has 1 aromatic carbocycles. The van der Waals surface area contributed by atoms with Crippen LogP contribution in [0, 0.1) is 6.92 Å². The number of carbonyl (C=O) groups is 2. The van der Waals surface area contributed by atoms with Crippen LogP contribution < -0.4 is 5.32 Å². The van der Waals surface area contributed by atoms with Crippen LogP contribution in [0.3, 0.4) is 0 Å². The van der Waals surface area contributed by atoms with Crippen LogP contribution in [0.25, 0.3) is 0 Å². The molecule has 2 aromatic rings. The Labute approximate surface area is 133 Å². The van der Waals surface area contributed by atoms with Crippen molar-refractivity contribution in [3.8, 4) is 0 Å². The van der Waals surface area contributed by atoms with Crippen molar-refractivity contribution >= 4 is 28.3 Å². The zero-order chi connectivity index (χ0) is 16.3. The van der Waals surface area contributed by atoms with E-state index in [4.69, 9.17) is 4.74 Å². The number of hydrogen-bond donors (Lipinski definition) is 1. The summed E-state index contributed by atoms with van der Waals surface area (Å²) in [6.07, 6.45) is 0. The van der Waals surface area contributed by atoms with E-state index in [-0.39, 0.29) is 5.91 Å². The molecule has 1 N–H and O–H groups in total. The van der Waals surface area contributed by atoms with Gasteiger partial charge in [0.2, 0.25) is 5.91 Å². The number of aryl methyl sites for hydroxylation is 1. The lowest BCUT2D eigenvalue weighted by Crippen LogP contribution is -2.34. The van der Waals surface area contributed by atoms with Crippen LogP contribution in [0.2, 0.25) is 0 Å². The molecule has 6 heteroatoms. The summed E-state index contributed by atoms with van der Waals surface area (Å²) in [6, 6.07) is 9.52. The smallest absolute Gasteiger partial charge is 0.350 e. The van der Waals surface area contributed by atoms with E-state index in [1.165, 1.54) is 7.11 Å². The molecule has 0 aliphatic heterocycles. The summed E-state index contributed by atoms with van der Waals surface area (Å²) < 4.78 is 4.69. The summed E-state index contributed by atoms with van der Waals surface area (Å²) in [5, 5.41) is 3.18. The van der Waals surface area contributed by atoms with Gasteiger partial charge >= 0.3 is 5.97 Å². The molecule has 1 heterocycles. The van der Waals surface area contributed by atoms with Gasteiger partial charge < -0.3 is 10.1 Å². The molecule has 0 aliphatic rings. The second kappa shape index (κ2) is 6.27. The summed E-state index contributed by atoms with van der Waals surface area (Å²) in [4.78, 5) is 28.7. The van der Waals surface area contributed by atoms with E-state index in [0.29, 0.717) is 15.7 Å². The van der Waals surface area contributed by atoms with Gasteiger partial charge in [0.25, 0.3) is 0 Å². The Balaban J connectivity index is 2.20. The van der Waals surface area contributed by atoms with E-state index in [2.05, 4.69) is 10.3 Å². The van der Waals surface area contributed by atoms with Gasteiger partial charge in [0.15, 0.2) is 5.13 Å². The molecule has 0 saturated carbocycles. The SMILES string of the molecule is COC(=O)c1sc(NC(=O)C(C)(C)c2ccccc2)nc1C. The van der Waals surface area contributed by atoms with Crippen LogP contribution in [0.4, 0.5) is 5.13 Å². The number of aromatic nitrogens is 1. The summed E-state index contributed by atoms with van der Waals surface area (Å²) in [5.41, 5.74) is 0.755. The number of benzene rings is 1. The Hall–Kier alpha value is -2.21. The second-order valence-corrected chi connectivity index (χ2v) is 6.37. The molecule has 0 aliphatic carbocycles. The number of nitrogens with zero attached hydrogens (tertiary/aromatic N) is 1. The van der Waals surface area contributed by atoms with Gasteiger partial charge in [-0.2, -0.15) is 0 Å². The fourth-order valence-electron chi connectivity index (χ4n) is 1.97. The van der Waals surface area contributed by atoms with Gasteiger partial charge in [0.1, 0.15) is 4.88 Å². The predicted molar refractivity (Wildman–Crippen MR) is 86.3 cm³/mol. The van der Waals surface area contributed by atoms with Crippen LogP contribution in [0.5, 0.6) is 0 Å². The van der Waals surface area contributed by atoms with Crippen LogP contribution >= 0.6 is 11.3 Å². The molecule has 0 fully saturated rings. The Bertz CT molecular complexity index is 693. The van der Waals surface area contributed by atoms with Crippen molar-refractivity contribution in [1.29, 1.82) is 0 Å². The third-order valence-electron chi connectivity index (χ3n) is 3.45. The summed E-state index contributed by atoms with van der Waals surface area (Å²) >= 11 is 1.11. The lowest BCUT2D eigenvalue weighted by atomic mass is 9.84. The molecular weight excluding hydrogens is 300 g/mol. The van der Waals surface area contributed by atoms with Gasteiger partial charge in [-0.3, -0.25) is 4.79 Å². The molecule has 1 amide bonds. The van der Waals surface area contributed by atoms with E-state index < -0.39 is 11.4 Å². The zero-order valence-electron chi connectivity index (χ0n) is 13.0. The first-order valence-electron chi connectivity index (χ1n) is 6.79. The van der Waals surface area contributed by atoms with Crippen LogP contribution in [0.15, 0.2) is 30.3 Å². The summed E-state index contributed by atoms with van der Waals surface area (Å²) in [6.45, 7) is 5.40. The second-order valence-electron chi connectivity index (χ2n) is 5.37. The van der Waals surface area contributed by atoms with Gasteiger partial charge in [-0.05, 0) is 26.3 Å². The minimum Gasteiger partial charge on any atom is -0.465 e. The number of ether oxygens (including phenoxy) is 1. The first-order chi connectivity index (χ1) is 10.4. The Morgan fingerprint density at radius 3 is 2.45 bits per heavy atom. The quantitative estimate of drug-likeness (QED) is 0.879. The maximum absolute atomic E-state index is 12.5. The highest BCUT2D eigenvalue weighted by molar-refractivity contribution is 7.17. The van der Waals surface area contributed by atoms with Crippen LogP contribution in [0.1, 0.15) is 34.8 Å². The van der Waals surface area contributed by atoms with E-state index >= 15 is 0 Å². The Morgan fingerprint density at radius 2 is 1.86 bits per heavy atom. The van der Waals surface area contributed by atoms with E-state index in [1.807, 2.05) is 44.2 Å². The lowest BCUT2D eigenvalue weighted by molar-refractivity contribution is -0.120. The normalized spacial score (nSPS) is 11.1. The first-order valence-corrected chi connectivity index (χ1v) is 7.60. The third kappa shape index (κ3) is 3.17. The topological polar surface area (TPSA) is 68.3 Å². The van der Waals surface area contributed by atoms with Crippen LogP contribution in [-0.2, 0) is 14.9 Å². The summed E-state index contributed by atoms with van der Waals surface area (Å²) in [7, 11) is 1.32. The van der Waals surface area contributed by atoms with Gasteiger partial charge in [0.05, 0.1) is 18.2 Å². The zero-order valence-corrected chi connectivity index (χ0v) is 13.8. The van der Waals surface area contributed by atoms with Crippen molar-refractivity contribution in [3.63, 3.8) is 0 Å².